The minimum Gasteiger partial charge on any atom is -0.467 e. The third-order valence-corrected chi connectivity index (χ3v) is 6.25. The van der Waals surface area contributed by atoms with Crippen LogP contribution in [0.4, 0.5) is 0 Å². The molecule has 7 nitrogen and oxygen atoms in total. The Kier molecular flexibility index (Phi) is 4.46. The highest BCUT2D eigenvalue weighted by Crippen LogP contribution is 2.35. The van der Waals surface area contributed by atoms with Crippen molar-refractivity contribution in [3.63, 3.8) is 0 Å². The highest BCUT2D eigenvalue weighted by molar-refractivity contribution is 8.01. The van der Waals surface area contributed by atoms with Crippen LogP contribution in [0.2, 0.25) is 0 Å². The number of fused-ring (bicyclic) bond motifs is 1. The fraction of sp³-hybridized carbons (Fsp3) is 0.158. The van der Waals surface area contributed by atoms with Crippen LogP contribution in [-0.4, -0.2) is 32.6 Å². The Labute approximate surface area is 168 Å². The summed E-state index contributed by atoms with van der Waals surface area (Å²) in [4.78, 5) is 12.9. The molecule has 0 fully saturated rings. The second-order valence-electron chi connectivity index (χ2n) is 6.16. The highest BCUT2D eigenvalue weighted by atomic mass is 32.2. The smallest absolute Gasteiger partial charge is 0.253 e. The minimum atomic E-state index is -0.291. The molecule has 140 valence electrons. The molecule has 0 spiro atoms. The summed E-state index contributed by atoms with van der Waals surface area (Å²) in [6.07, 6.45) is 2.13. The second-order valence-corrected chi connectivity index (χ2v) is 8.22. The van der Waals surface area contributed by atoms with Gasteiger partial charge in [-0.3, -0.25) is 4.79 Å². The molecule has 1 aliphatic heterocycles. The molecular weight excluding hydrogens is 396 g/mol. The van der Waals surface area contributed by atoms with Crippen molar-refractivity contribution in [3.8, 4) is 0 Å². The van der Waals surface area contributed by atoms with Gasteiger partial charge in [0.1, 0.15) is 28.6 Å². The fourth-order valence-electron chi connectivity index (χ4n) is 3.13. The number of amides is 1. The fourth-order valence-corrected chi connectivity index (χ4v) is 4.47. The van der Waals surface area contributed by atoms with Crippen molar-refractivity contribution in [3.05, 3.63) is 65.8 Å². The number of hydrogen-bond donors (Lipinski definition) is 0. The zero-order valence-electron chi connectivity index (χ0n) is 14.5. The van der Waals surface area contributed by atoms with Gasteiger partial charge in [0.05, 0.1) is 12.0 Å². The molecule has 5 rings (SSSR count). The quantitative estimate of drug-likeness (QED) is 0.455. The normalized spacial score (nSPS) is 16.6. The summed E-state index contributed by atoms with van der Waals surface area (Å²) in [5.74, 6) is 1.48. The SMILES string of the molecule is O=C(CSc1nncs1)N1N=C(c2cc3ccccc3o2)C[C@@H]1c1ccco1. The number of nitrogens with zero attached hydrogens (tertiary/aromatic N) is 4. The molecule has 1 atom stereocenters. The van der Waals surface area contributed by atoms with Crippen molar-refractivity contribution in [1.29, 1.82) is 0 Å². The van der Waals surface area contributed by atoms with Gasteiger partial charge in [-0.2, -0.15) is 5.10 Å². The Bertz CT molecular complexity index is 1100. The maximum absolute atomic E-state index is 12.9. The molecule has 9 heteroatoms. The van der Waals surface area contributed by atoms with Crippen LogP contribution >= 0.6 is 23.1 Å². The van der Waals surface area contributed by atoms with Crippen LogP contribution in [0, 0.1) is 0 Å². The number of thioether (sulfide) groups is 1. The van der Waals surface area contributed by atoms with Gasteiger partial charge in [0.2, 0.25) is 0 Å². The largest absolute Gasteiger partial charge is 0.467 e. The molecule has 4 heterocycles. The van der Waals surface area contributed by atoms with Gasteiger partial charge in [0.25, 0.3) is 5.91 Å². The van der Waals surface area contributed by atoms with Crippen LogP contribution in [0.5, 0.6) is 0 Å². The van der Waals surface area contributed by atoms with E-state index in [9.17, 15) is 4.79 Å². The van der Waals surface area contributed by atoms with Gasteiger partial charge in [-0.1, -0.05) is 41.3 Å². The van der Waals surface area contributed by atoms with E-state index < -0.39 is 0 Å². The Morgan fingerprint density at radius 2 is 2.21 bits per heavy atom. The number of rotatable bonds is 5. The molecule has 0 saturated carbocycles. The minimum absolute atomic E-state index is 0.118. The second kappa shape index (κ2) is 7.25. The summed E-state index contributed by atoms with van der Waals surface area (Å²) in [5.41, 5.74) is 3.17. The molecule has 0 aliphatic carbocycles. The summed E-state index contributed by atoms with van der Waals surface area (Å²) < 4.78 is 12.3. The standard InChI is InChI=1S/C19H14N4O3S2/c24-18(10-27-19-21-20-11-28-19)23-14(16-6-3-7-25-16)9-13(22-23)17-8-12-4-1-2-5-15(12)26-17/h1-8,11,14H,9-10H2/t14-/m1/s1. The van der Waals surface area contributed by atoms with E-state index in [0.717, 1.165) is 21.0 Å². The van der Waals surface area contributed by atoms with Crippen LogP contribution in [-0.2, 0) is 4.79 Å². The van der Waals surface area contributed by atoms with E-state index in [-0.39, 0.29) is 17.7 Å². The lowest BCUT2D eigenvalue weighted by Gasteiger charge is -2.19. The van der Waals surface area contributed by atoms with E-state index in [1.165, 1.54) is 28.1 Å². The first kappa shape index (κ1) is 17.2. The van der Waals surface area contributed by atoms with E-state index in [0.29, 0.717) is 17.9 Å². The molecule has 0 saturated heterocycles. The molecule has 1 amide bonds. The van der Waals surface area contributed by atoms with Gasteiger partial charge in [-0.05, 0) is 24.3 Å². The summed E-state index contributed by atoms with van der Waals surface area (Å²) in [6, 6.07) is 13.1. The molecule has 1 aromatic carbocycles. The van der Waals surface area contributed by atoms with E-state index in [4.69, 9.17) is 8.83 Å². The Balaban J connectivity index is 1.43. The number of hydrogen-bond acceptors (Lipinski definition) is 8. The zero-order valence-corrected chi connectivity index (χ0v) is 16.2. The number of para-hydroxylation sites is 1. The van der Waals surface area contributed by atoms with Gasteiger partial charge in [-0.15, -0.1) is 10.2 Å². The lowest BCUT2D eigenvalue weighted by molar-refractivity contribution is -0.130. The van der Waals surface area contributed by atoms with Gasteiger partial charge in [0.15, 0.2) is 10.1 Å². The number of carbonyl (C=O) groups is 1. The van der Waals surface area contributed by atoms with Crippen LogP contribution in [0.25, 0.3) is 11.0 Å². The molecule has 28 heavy (non-hydrogen) atoms. The van der Waals surface area contributed by atoms with Crippen molar-refractivity contribution in [2.75, 3.05) is 5.75 Å². The molecule has 0 N–H and O–H groups in total. The van der Waals surface area contributed by atoms with Crippen molar-refractivity contribution in [1.82, 2.24) is 15.2 Å². The first-order valence-electron chi connectivity index (χ1n) is 8.59. The third-order valence-electron chi connectivity index (χ3n) is 4.41. The Morgan fingerprint density at radius 1 is 1.29 bits per heavy atom. The number of furan rings is 2. The molecular formula is C19H14N4O3S2. The predicted octanol–water partition coefficient (Wildman–Crippen LogP) is 4.35. The number of hydrazone groups is 1. The van der Waals surface area contributed by atoms with E-state index in [1.54, 1.807) is 11.8 Å². The van der Waals surface area contributed by atoms with Crippen molar-refractivity contribution >= 4 is 45.7 Å². The third kappa shape index (κ3) is 3.23. The van der Waals surface area contributed by atoms with Gasteiger partial charge in [0, 0.05) is 11.8 Å². The van der Waals surface area contributed by atoms with Crippen molar-refractivity contribution in [2.24, 2.45) is 5.10 Å². The molecule has 0 radical (unpaired) electrons. The summed E-state index contributed by atoms with van der Waals surface area (Å²) >= 11 is 2.76. The topological polar surface area (TPSA) is 84.7 Å². The number of carbonyl (C=O) groups excluding carboxylic acids is 1. The Hall–Kier alpha value is -2.91. The number of aromatic nitrogens is 2. The van der Waals surface area contributed by atoms with Crippen molar-refractivity contribution in [2.45, 2.75) is 16.8 Å². The summed E-state index contributed by atoms with van der Waals surface area (Å²) in [7, 11) is 0. The molecule has 4 aromatic rings. The average Bonchev–Trinajstić information content (AvgIpc) is 3.51. The first-order valence-corrected chi connectivity index (χ1v) is 10.5. The van der Waals surface area contributed by atoms with Gasteiger partial charge >= 0.3 is 0 Å². The lowest BCUT2D eigenvalue weighted by Crippen LogP contribution is -2.28. The molecule has 0 bridgehead atoms. The van der Waals surface area contributed by atoms with Gasteiger partial charge < -0.3 is 8.83 Å². The maximum atomic E-state index is 12.9. The van der Waals surface area contributed by atoms with Gasteiger partial charge in [-0.25, -0.2) is 5.01 Å². The average molecular weight is 410 g/mol. The van der Waals surface area contributed by atoms with Crippen molar-refractivity contribution < 1.29 is 13.6 Å². The van der Waals surface area contributed by atoms with Crippen LogP contribution in [0.1, 0.15) is 24.0 Å². The first-order chi connectivity index (χ1) is 13.8. The predicted molar refractivity (Wildman–Crippen MR) is 106 cm³/mol. The summed E-state index contributed by atoms with van der Waals surface area (Å²) in [5, 5.41) is 14.8. The zero-order chi connectivity index (χ0) is 18.9. The van der Waals surface area contributed by atoms with Crippen LogP contribution in [0.15, 0.2) is 72.5 Å². The van der Waals surface area contributed by atoms with E-state index in [2.05, 4.69) is 15.3 Å². The van der Waals surface area contributed by atoms with Crippen LogP contribution < -0.4 is 0 Å². The monoisotopic (exact) mass is 410 g/mol. The van der Waals surface area contributed by atoms with Crippen LogP contribution in [0.3, 0.4) is 0 Å². The Morgan fingerprint density at radius 3 is 3.00 bits per heavy atom. The summed E-state index contributed by atoms with van der Waals surface area (Å²) in [6.45, 7) is 0. The number of benzene rings is 1. The maximum Gasteiger partial charge on any atom is 0.253 e. The molecule has 0 unspecified atom stereocenters. The highest BCUT2D eigenvalue weighted by Gasteiger charge is 2.36. The molecule has 3 aromatic heterocycles. The lowest BCUT2D eigenvalue weighted by atomic mass is 10.1. The molecule has 1 aliphatic rings. The van der Waals surface area contributed by atoms with E-state index >= 15 is 0 Å². The van der Waals surface area contributed by atoms with E-state index in [1.807, 2.05) is 42.5 Å².